The number of rotatable bonds is 5. The van der Waals surface area contributed by atoms with E-state index in [1.165, 1.54) is 35.2 Å². The Bertz CT molecular complexity index is 721. The minimum absolute atomic E-state index is 0.684. The van der Waals surface area contributed by atoms with E-state index in [4.69, 9.17) is 0 Å². The predicted octanol–water partition coefficient (Wildman–Crippen LogP) is 5.24. The van der Waals surface area contributed by atoms with E-state index in [0.29, 0.717) is 5.92 Å². The van der Waals surface area contributed by atoms with Gasteiger partial charge in [-0.1, -0.05) is 0 Å². The molecule has 1 heterocycles. The number of nitrogens with zero attached hydrogens (tertiary/aromatic N) is 1. The molecular formula is C22H34GeN+. The van der Waals surface area contributed by atoms with Gasteiger partial charge >= 0.3 is 151 Å². The first-order chi connectivity index (χ1) is 11.2. The van der Waals surface area contributed by atoms with Crippen molar-refractivity contribution >= 4 is 17.7 Å². The van der Waals surface area contributed by atoms with Crippen LogP contribution in [0.4, 0.5) is 0 Å². The molecule has 2 heteroatoms. The molecule has 0 fully saturated rings. The van der Waals surface area contributed by atoms with Crippen molar-refractivity contribution in [2.45, 2.75) is 63.7 Å². The third-order valence-electron chi connectivity index (χ3n) is 5.21. The summed E-state index contributed by atoms with van der Waals surface area (Å²) in [6, 6.07) is 9.31. The number of aromatic nitrogens is 1. The zero-order valence-corrected chi connectivity index (χ0v) is 18.9. The molecule has 0 bridgehead atoms. The summed E-state index contributed by atoms with van der Waals surface area (Å²) in [5.74, 6) is 8.25. The van der Waals surface area contributed by atoms with E-state index in [1.54, 1.807) is 9.96 Å². The van der Waals surface area contributed by atoms with Crippen molar-refractivity contribution in [1.82, 2.24) is 0 Å². The first-order valence-corrected chi connectivity index (χ1v) is 16.6. The van der Waals surface area contributed by atoms with Gasteiger partial charge in [-0.25, -0.2) is 0 Å². The molecule has 0 radical (unpaired) electrons. The molecule has 0 unspecified atom stereocenters. The van der Waals surface area contributed by atoms with E-state index < -0.39 is 13.3 Å². The molecule has 0 aliphatic carbocycles. The fourth-order valence-corrected chi connectivity index (χ4v) is 7.23. The molecule has 0 amide bonds. The second kappa shape index (κ2) is 7.43. The van der Waals surface area contributed by atoms with Gasteiger partial charge in [0.05, 0.1) is 0 Å². The molecule has 1 aromatic heterocycles. The average molecular weight is 385 g/mol. The normalized spacial score (nSPS) is 12.0. The van der Waals surface area contributed by atoms with Crippen LogP contribution in [0.2, 0.25) is 17.3 Å². The van der Waals surface area contributed by atoms with Crippen molar-refractivity contribution in [2.75, 3.05) is 0 Å². The molecule has 0 aliphatic heterocycles. The Labute approximate surface area is 151 Å². The van der Waals surface area contributed by atoms with Gasteiger partial charge in [0.1, 0.15) is 0 Å². The predicted molar refractivity (Wildman–Crippen MR) is 109 cm³/mol. The van der Waals surface area contributed by atoms with Crippen molar-refractivity contribution in [3.8, 4) is 11.3 Å². The zero-order chi connectivity index (χ0) is 18.1. The van der Waals surface area contributed by atoms with E-state index in [2.05, 4.69) is 87.0 Å². The summed E-state index contributed by atoms with van der Waals surface area (Å²) in [6.45, 7) is 9.06. The van der Waals surface area contributed by atoms with Gasteiger partial charge < -0.3 is 0 Å². The Morgan fingerprint density at radius 2 is 1.62 bits per heavy atom. The SMILES string of the molecule is CCC(CC)c1c[n+](C)c(-c2cc(C)ccc2C)c[c]1[Ge]([CH3])([CH3])[CH3]. The Balaban J connectivity index is 2.74. The van der Waals surface area contributed by atoms with E-state index in [9.17, 15) is 0 Å². The monoisotopic (exact) mass is 386 g/mol. The maximum absolute atomic E-state index is 2.52. The van der Waals surface area contributed by atoms with Gasteiger partial charge in [-0.2, -0.15) is 0 Å². The molecule has 0 N–H and O–H groups in total. The molecule has 130 valence electrons. The average Bonchev–Trinajstić information content (AvgIpc) is 2.50. The van der Waals surface area contributed by atoms with Gasteiger partial charge in [0, 0.05) is 0 Å². The van der Waals surface area contributed by atoms with Crippen LogP contribution in [-0.2, 0) is 7.05 Å². The van der Waals surface area contributed by atoms with Crippen LogP contribution in [0.1, 0.15) is 49.3 Å². The second-order valence-corrected chi connectivity index (χ2v) is 18.8. The second-order valence-electron chi connectivity index (χ2n) is 8.22. The van der Waals surface area contributed by atoms with Crippen molar-refractivity contribution in [2.24, 2.45) is 7.05 Å². The molecule has 0 saturated heterocycles. The van der Waals surface area contributed by atoms with Crippen LogP contribution >= 0.6 is 0 Å². The molecule has 0 spiro atoms. The third-order valence-corrected chi connectivity index (χ3v) is 9.51. The Kier molecular flexibility index (Phi) is 5.96. The summed E-state index contributed by atoms with van der Waals surface area (Å²) in [4.78, 5) is 0. The number of pyridine rings is 1. The number of hydrogen-bond acceptors (Lipinski definition) is 0. The topological polar surface area (TPSA) is 3.88 Å². The maximum atomic E-state index is 2.52. The van der Waals surface area contributed by atoms with Gasteiger partial charge in [-0.15, -0.1) is 0 Å². The molecule has 2 aromatic rings. The van der Waals surface area contributed by atoms with Gasteiger partial charge in [0.15, 0.2) is 0 Å². The zero-order valence-electron chi connectivity index (χ0n) is 16.8. The van der Waals surface area contributed by atoms with Gasteiger partial charge in [0.25, 0.3) is 0 Å². The summed E-state index contributed by atoms with van der Waals surface area (Å²) >= 11 is -1.95. The van der Waals surface area contributed by atoms with Gasteiger partial charge in [0.2, 0.25) is 0 Å². The molecule has 0 atom stereocenters. The van der Waals surface area contributed by atoms with E-state index in [1.807, 2.05) is 0 Å². The molecule has 1 aromatic carbocycles. The summed E-state index contributed by atoms with van der Waals surface area (Å²) in [6.07, 6.45) is 4.88. The molecule has 2 rings (SSSR count). The Morgan fingerprint density at radius 1 is 1.00 bits per heavy atom. The fraction of sp³-hybridized carbons (Fsp3) is 0.500. The van der Waals surface area contributed by atoms with Gasteiger partial charge in [-0.3, -0.25) is 0 Å². The summed E-state index contributed by atoms with van der Waals surface area (Å²) < 4.78 is 4.03. The first-order valence-electron chi connectivity index (χ1n) is 9.30. The summed E-state index contributed by atoms with van der Waals surface area (Å²) in [7, 11) is 2.21. The van der Waals surface area contributed by atoms with Crippen LogP contribution in [0, 0.1) is 13.8 Å². The van der Waals surface area contributed by atoms with Crippen LogP contribution in [-0.4, -0.2) is 13.3 Å². The van der Waals surface area contributed by atoms with Crippen LogP contribution < -0.4 is 8.96 Å². The number of aryl methyl sites for hydroxylation is 3. The summed E-state index contributed by atoms with van der Waals surface area (Å²) in [5.41, 5.74) is 7.03. The van der Waals surface area contributed by atoms with Crippen LogP contribution in [0.5, 0.6) is 0 Å². The molecule has 1 nitrogen and oxygen atoms in total. The number of hydrogen-bond donors (Lipinski definition) is 0. The van der Waals surface area contributed by atoms with Crippen molar-refractivity contribution in [1.29, 1.82) is 0 Å². The van der Waals surface area contributed by atoms with Crippen LogP contribution in [0.25, 0.3) is 11.3 Å². The number of benzene rings is 1. The Hall–Kier alpha value is -1.09. The minimum atomic E-state index is -1.95. The first kappa shape index (κ1) is 19.2. The van der Waals surface area contributed by atoms with E-state index in [0.717, 1.165) is 0 Å². The molecule has 0 aliphatic rings. The third kappa shape index (κ3) is 3.93. The Morgan fingerprint density at radius 3 is 2.17 bits per heavy atom. The van der Waals surface area contributed by atoms with E-state index in [-0.39, 0.29) is 0 Å². The fourth-order valence-electron chi connectivity index (χ4n) is 3.65. The molecular weight excluding hydrogens is 351 g/mol. The van der Waals surface area contributed by atoms with Gasteiger partial charge in [-0.05, 0) is 0 Å². The molecule has 24 heavy (non-hydrogen) atoms. The van der Waals surface area contributed by atoms with Crippen molar-refractivity contribution in [3.63, 3.8) is 0 Å². The van der Waals surface area contributed by atoms with E-state index >= 15 is 0 Å². The standard InChI is InChI=1S/C22H34GeN/c1-9-18(10-2)20-15-24(8)22(14-21(20)23(5,6)7)19-13-16(3)11-12-17(19)4/h11-15,18H,9-10H2,1-8H3/q+1. The van der Waals surface area contributed by atoms with Crippen molar-refractivity contribution < 1.29 is 4.57 Å². The molecule has 0 saturated carbocycles. The van der Waals surface area contributed by atoms with Crippen LogP contribution in [0.3, 0.4) is 0 Å². The quantitative estimate of drug-likeness (QED) is 0.490. The van der Waals surface area contributed by atoms with Crippen LogP contribution in [0.15, 0.2) is 30.5 Å². The van der Waals surface area contributed by atoms with Crippen molar-refractivity contribution in [3.05, 3.63) is 47.2 Å². The summed E-state index contributed by atoms with van der Waals surface area (Å²) in [5, 5.41) is 0.